The first kappa shape index (κ1) is 41.7. The Morgan fingerprint density at radius 3 is 2.18 bits per heavy atom. The van der Waals surface area contributed by atoms with E-state index in [1.807, 2.05) is 52.8 Å². The van der Waals surface area contributed by atoms with Crippen LogP contribution in [-0.2, 0) is 14.8 Å². The van der Waals surface area contributed by atoms with Crippen LogP contribution in [0.3, 0.4) is 0 Å². The van der Waals surface area contributed by atoms with Crippen LogP contribution in [0.5, 0.6) is 5.88 Å². The monoisotopic (exact) mass is 789 g/mol. The fourth-order valence-electron chi connectivity index (χ4n) is 7.29. The number of aromatic nitrogens is 2. The van der Waals surface area contributed by atoms with E-state index in [-0.39, 0.29) is 52.9 Å². The fourth-order valence-corrected chi connectivity index (χ4v) is 8.27. The van der Waals surface area contributed by atoms with Crippen molar-refractivity contribution in [2.24, 2.45) is 10.8 Å². The van der Waals surface area contributed by atoms with Gasteiger partial charge in [-0.3, -0.25) is 0 Å². The van der Waals surface area contributed by atoms with Crippen LogP contribution >= 0.6 is 0 Å². The fraction of sp³-hybridized carbons (Fsp3) is 0.538. The van der Waals surface area contributed by atoms with Gasteiger partial charge in [0.25, 0.3) is 10.0 Å². The zero-order chi connectivity index (χ0) is 40.6. The number of likely N-dealkylation sites (tertiary alicyclic amines) is 1. The molecule has 16 heteroatoms. The molecule has 2 aromatic carbocycles. The summed E-state index contributed by atoms with van der Waals surface area (Å²) >= 11 is 0. The molecule has 1 aliphatic carbocycles. The van der Waals surface area contributed by atoms with Crippen molar-refractivity contribution in [2.75, 3.05) is 24.4 Å². The average Bonchev–Trinajstić information content (AvgIpc) is 3.05. The SMILES string of the molecule is Cc1cccc(C)c1-c1cc(OC[C@@H](CC(C)(C)C(F)(F)F)NC2CC3(CCN(C(=O)OC(C)(C)C)CC3)C2)nc(NS(=O)(=O)c2cccc(C(=O)O)c2)n1. The molecule has 5 rings (SSSR count). The van der Waals surface area contributed by atoms with E-state index in [0.29, 0.717) is 24.3 Å². The van der Waals surface area contributed by atoms with Gasteiger partial charge in [0.1, 0.15) is 12.2 Å². The van der Waals surface area contributed by atoms with Gasteiger partial charge in [0.15, 0.2) is 0 Å². The van der Waals surface area contributed by atoms with Gasteiger partial charge in [0.2, 0.25) is 11.8 Å². The summed E-state index contributed by atoms with van der Waals surface area (Å²) in [7, 11) is -4.38. The Hall–Kier alpha value is -4.44. The molecular weight excluding hydrogens is 740 g/mol. The second kappa shape index (κ2) is 15.6. The van der Waals surface area contributed by atoms with Crippen molar-refractivity contribution in [2.45, 2.75) is 109 Å². The molecular formula is C39H50F3N5O7S. The van der Waals surface area contributed by atoms with E-state index in [9.17, 15) is 36.3 Å². The third-order valence-corrected chi connectivity index (χ3v) is 11.6. The maximum atomic E-state index is 14.2. The standard InChI is InChI=1S/C39H50F3N5O7S/c1-24-10-8-11-25(2)32(24)30-19-31(45-34(44-30)46-55(51,52)29-13-9-12-26(18-29)33(48)49)53-23-28(20-37(6,7)39(40,41)42)43-27-21-38(22-27)14-16-47(17-15-38)35(50)54-36(3,4)5/h8-13,18-19,27-28,43H,14-17,20-23H2,1-7H3,(H,48,49)(H,44,45,46)/t28-/m1/s1. The number of rotatable bonds is 12. The molecule has 1 saturated carbocycles. The van der Waals surface area contributed by atoms with Gasteiger partial charge in [-0.25, -0.2) is 27.7 Å². The molecule has 300 valence electrons. The van der Waals surface area contributed by atoms with Gasteiger partial charge in [0.05, 0.1) is 21.6 Å². The minimum Gasteiger partial charge on any atom is -0.478 e. The Balaban J connectivity index is 1.36. The molecule has 3 N–H and O–H groups in total. The molecule has 0 unspecified atom stereocenters. The number of carboxylic acids is 1. The van der Waals surface area contributed by atoms with Crippen molar-refractivity contribution in [3.8, 4) is 17.1 Å². The lowest BCUT2D eigenvalue weighted by Crippen LogP contribution is -2.58. The zero-order valence-corrected chi connectivity index (χ0v) is 33.0. The quantitative estimate of drug-likeness (QED) is 0.166. The number of halogens is 3. The predicted octanol–water partition coefficient (Wildman–Crippen LogP) is 7.75. The average molecular weight is 790 g/mol. The van der Waals surface area contributed by atoms with Crippen LogP contribution in [-0.4, -0.2) is 84.0 Å². The van der Waals surface area contributed by atoms with Gasteiger partial charge in [-0.1, -0.05) is 38.1 Å². The Kier molecular flexibility index (Phi) is 11.8. The van der Waals surface area contributed by atoms with Crippen molar-refractivity contribution < 1.29 is 45.8 Å². The van der Waals surface area contributed by atoms with Crippen molar-refractivity contribution in [3.63, 3.8) is 0 Å². The van der Waals surface area contributed by atoms with Crippen LogP contribution in [0.15, 0.2) is 53.4 Å². The minimum atomic E-state index is -4.49. The largest absolute Gasteiger partial charge is 0.478 e. The van der Waals surface area contributed by atoms with E-state index in [1.165, 1.54) is 24.3 Å². The smallest absolute Gasteiger partial charge is 0.410 e. The third-order valence-electron chi connectivity index (χ3n) is 10.3. The van der Waals surface area contributed by atoms with Crippen molar-refractivity contribution >= 4 is 28.0 Å². The molecule has 1 spiro atoms. The first-order valence-corrected chi connectivity index (χ1v) is 19.7. The molecule has 12 nitrogen and oxygen atoms in total. The normalized spacial score (nSPS) is 17.0. The van der Waals surface area contributed by atoms with E-state index in [2.05, 4.69) is 20.0 Å². The molecule has 55 heavy (non-hydrogen) atoms. The highest BCUT2D eigenvalue weighted by atomic mass is 32.2. The number of sulfonamides is 1. The number of anilines is 1. The van der Waals surface area contributed by atoms with Gasteiger partial charge in [-0.05, 0) is 101 Å². The molecule has 0 radical (unpaired) electrons. The maximum Gasteiger partial charge on any atom is 0.410 e. The van der Waals surface area contributed by atoms with Crippen molar-refractivity contribution in [1.82, 2.24) is 20.2 Å². The topological polar surface area (TPSA) is 160 Å². The molecule has 0 bridgehead atoms. The van der Waals surface area contributed by atoms with Gasteiger partial charge in [0, 0.05) is 36.8 Å². The second-order valence-corrected chi connectivity index (χ2v) is 18.1. The molecule has 2 aliphatic rings. The highest BCUT2D eigenvalue weighted by Gasteiger charge is 2.50. The lowest BCUT2D eigenvalue weighted by molar-refractivity contribution is -0.216. The third kappa shape index (κ3) is 10.3. The number of aromatic carboxylic acids is 1. The number of ether oxygens (including phenoxy) is 2. The Morgan fingerprint density at radius 1 is 0.982 bits per heavy atom. The summed E-state index contributed by atoms with van der Waals surface area (Å²) in [5.41, 5.74) is -0.258. The van der Waals surface area contributed by atoms with Crippen LogP contribution < -0.4 is 14.8 Å². The van der Waals surface area contributed by atoms with E-state index < -0.39 is 39.2 Å². The van der Waals surface area contributed by atoms with Gasteiger partial charge < -0.3 is 24.8 Å². The van der Waals surface area contributed by atoms with Gasteiger partial charge in [-0.15, -0.1) is 0 Å². The number of nitrogens with zero attached hydrogens (tertiary/aromatic N) is 3. The number of carboxylic acid groups (broad SMARTS) is 1. The summed E-state index contributed by atoms with van der Waals surface area (Å²) in [5.74, 6) is -1.74. The highest BCUT2D eigenvalue weighted by Crippen LogP contribution is 2.50. The number of benzene rings is 2. The minimum absolute atomic E-state index is 0.0237. The number of aryl methyl sites for hydroxylation is 2. The molecule has 3 aromatic rings. The molecule has 1 atom stereocenters. The summed E-state index contributed by atoms with van der Waals surface area (Å²) in [6.07, 6.45) is -2.15. The van der Waals surface area contributed by atoms with E-state index >= 15 is 0 Å². The molecule has 2 heterocycles. The molecule has 2 fully saturated rings. The number of hydrogen-bond donors (Lipinski definition) is 3. The molecule has 1 aromatic heterocycles. The summed E-state index contributed by atoms with van der Waals surface area (Å²) in [4.78, 5) is 34.2. The van der Waals surface area contributed by atoms with Crippen LogP contribution in [0.4, 0.5) is 23.9 Å². The maximum absolute atomic E-state index is 14.2. The number of piperidine rings is 1. The van der Waals surface area contributed by atoms with Crippen LogP contribution in [0, 0.1) is 24.7 Å². The molecule has 1 aliphatic heterocycles. The number of amides is 1. The number of carbonyl (C=O) groups is 2. The Morgan fingerprint density at radius 2 is 1.60 bits per heavy atom. The highest BCUT2D eigenvalue weighted by molar-refractivity contribution is 7.92. The van der Waals surface area contributed by atoms with E-state index in [4.69, 9.17) is 9.47 Å². The van der Waals surface area contributed by atoms with Gasteiger partial charge in [-0.2, -0.15) is 18.2 Å². The first-order valence-electron chi connectivity index (χ1n) is 18.2. The summed E-state index contributed by atoms with van der Waals surface area (Å²) < 4.78 is 83.3. The van der Waals surface area contributed by atoms with E-state index in [0.717, 1.165) is 56.7 Å². The number of alkyl halides is 3. The molecule has 1 amide bonds. The lowest BCUT2D eigenvalue weighted by atomic mass is 9.60. The lowest BCUT2D eigenvalue weighted by Gasteiger charge is -2.53. The number of nitrogens with one attached hydrogen (secondary N) is 2. The Bertz CT molecular complexity index is 1980. The van der Waals surface area contributed by atoms with Crippen molar-refractivity contribution in [3.05, 3.63) is 65.2 Å². The first-order chi connectivity index (χ1) is 25.5. The van der Waals surface area contributed by atoms with Crippen molar-refractivity contribution in [1.29, 1.82) is 0 Å². The predicted molar refractivity (Wildman–Crippen MR) is 201 cm³/mol. The number of hydrogen-bond acceptors (Lipinski definition) is 9. The van der Waals surface area contributed by atoms with Crippen LogP contribution in [0.25, 0.3) is 11.3 Å². The van der Waals surface area contributed by atoms with Crippen LogP contribution in [0.1, 0.15) is 88.2 Å². The Labute approximate surface area is 320 Å². The summed E-state index contributed by atoms with van der Waals surface area (Å²) in [6.45, 7) is 12.3. The molecule has 1 saturated heterocycles. The summed E-state index contributed by atoms with van der Waals surface area (Å²) in [5, 5.41) is 12.8. The van der Waals surface area contributed by atoms with E-state index in [1.54, 1.807) is 4.90 Å². The second-order valence-electron chi connectivity index (χ2n) is 16.5. The summed E-state index contributed by atoms with van der Waals surface area (Å²) in [6, 6.07) is 11.0. The van der Waals surface area contributed by atoms with Crippen LogP contribution in [0.2, 0.25) is 0 Å². The zero-order valence-electron chi connectivity index (χ0n) is 32.2. The van der Waals surface area contributed by atoms with Gasteiger partial charge >= 0.3 is 18.2 Å². The number of carbonyl (C=O) groups excluding carboxylic acids is 1.